The average molecular weight is 345 g/mol. The number of anilines is 1. The third-order valence-electron chi connectivity index (χ3n) is 3.40. The Labute approximate surface area is 135 Å². The number of nitrogens with zero attached hydrogens (tertiary/aromatic N) is 1. The summed E-state index contributed by atoms with van der Waals surface area (Å²) < 4.78 is 37.2. The largest absolute Gasteiger partial charge is 0.394 e. The summed E-state index contributed by atoms with van der Waals surface area (Å²) in [6, 6.07) is 6.03. The van der Waals surface area contributed by atoms with Crippen LogP contribution in [-0.2, 0) is 0 Å². The molecule has 0 fully saturated rings. The number of fused-ring (bicyclic) bond motifs is 1. The highest BCUT2D eigenvalue weighted by Gasteiger charge is 2.29. The van der Waals surface area contributed by atoms with Gasteiger partial charge < -0.3 is 25.4 Å². The third-order valence-corrected chi connectivity index (χ3v) is 3.40. The van der Waals surface area contributed by atoms with Crippen LogP contribution in [0.1, 0.15) is 6.42 Å². The zero-order valence-corrected chi connectivity index (χ0v) is 12.7. The van der Waals surface area contributed by atoms with Crippen molar-refractivity contribution in [2.45, 2.75) is 18.7 Å². The van der Waals surface area contributed by atoms with E-state index in [4.69, 9.17) is 5.11 Å². The molecule has 0 saturated heterocycles. The van der Waals surface area contributed by atoms with Gasteiger partial charge in [0.1, 0.15) is 0 Å². The van der Waals surface area contributed by atoms with Crippen molar-refractivity contribution in [2.24, 2.45) is 0 Å². The number of halogens is 3. The van der Waals surface area contributed by atoms with Crippen molar-refractivity contribution in [2.75, 3.05) is 25.0 Å². The Morgan fingerprint density at radius 1 is 1.33 bits per heavy atom. The van der Waals surface area contributed by atoms with E-state index in [0.717, 1.165) is 15.8 Å². The number of aromatic nitrogens is 1. The maximum Gasteiger partial charge on any atom is 0.390 e. The normalized spacial score (nSPS) is 13.0. The van der Waals surface area contributed by atoms with Crippen molar-refractivity contribution in [3.05, 3.63) is 30.5 Å². The lowest BCUT2D eigenvalue weighted by Gasteiger charge is -2.25. The van der Waals surface area contributed by atoms with Crippen molar-refractivity contribution < 1.29 is 28.2 Å². The summed E-state index contributed by atoms with van der Waals surface area (Å²) in [5.41, 5.74) is 1.28. The SMILES string of the molecule is O=C(Nc1ccc2[nH]ccc2c1)N(CCC(F)(F)F)C[C@H](O)CO. The maximum absolute atomic E-state index is 12.4. The first-order valence-corrected chi connectivity index (χ1v) is 7.27. The Morgan fingerprint density at radius 2 is 2.08 bits per heavy atom. The summed E-state index contributed by atoms with van der Waals surface area (Å²) in [6.07, 6.45) is -5.21. The summed E-state index contributed by atoms with van der Waals surface area (Å²) in [6.45, 7) is -1.66. The number of hydrogen-bond donors (Lipinski definition) is 4. The van der Waals surface area contributed by atoms with E-state index in [0.29, 0.717) is 5.69 Å². The van der Waals surface area contributed by atoms with Gasteiger partial charge in [0.25, 0.3) is 0 Å². The number of amides is 2. The molecule has 0 spiro atoms. The molecule has 0 aliphatic heterocycles. The molecule has 0 bridgehead atoms. The summed E-state index contributed by atoms with van der Waals surface area (Å²) in [7, 11) is 0. The van der Waals surface area contributed by atoms with Crippen molar-refractivity contribution in [3.63, 3.8) is 0 Å². The molecule has 0 aliphatic carbocycles. The van der Waals surface area contributed by atoms with Crippen molar-refractivity contribution >= 4 is 22.6 Å². The highest BCUT2D eigenvalue weighted by molar-refractivity contribution is 5.92. The molecule has 2 amide bonds. The molecule has 9 heteroatoms. The lowest BCUT2D eigenvalue weighted by atomic mass is 10.2. The van der Waals surface area contributed by atoms with Crippen LogP contribution in [0.2, 0.25) is 0 Å². The fourth-order valence-electron chi connectivity index (χ4n) is 2.18. The third kappa shape index (κ3) is 5.14. The number of aliphatic hydroxyl groups excluding tert-OH is 2. The van der Waals surface area contributed by atoms with Gasteiger partial charge in [-0.25, -0.2) is 4.79 Å². The van der Waals surface area contributed by atoms with Gasteiger partial charge in [-0.1, -0.05) is 0 Å². The number of aliphatic hydroxyl groups is 2. The number of hydrogen-bond acceptors (Lipinski definition) is 3. The molecule has 1 heterocycles. The molecule has 0 saturated carbocycles. The maximum atomic E-state index is 12.4. The monoisotopic (exact) mass is 345 g/mol. The molecule has 24 heavy (non-hydrogen) atoms. The molecule has 132 valence electrons. The predicted octanol–water partition coefficient (Wildman–Crippen LogP) is 2.31. The van der Waals surface area contributed by atoms with E-state index in [2.05, 4.69) is 10.3 Å². The quantitative estimate of drug-likeness (QED) is 0.648. The van der Waals surface area contributed by atoms with E-state index in [9.17, 15) is 23.1 Å². The Morgan fingerprint density at radius 3 is 2.75 bits per heavy atom. The van der Waals surface area contributed by atoms with E-state index in [1.165, 1.54) is 0 Å². The van der Waals surface area contributed by atoms with Crippen LogP contribution in [0, 0.1) is 0 Å². The van der Waals surface area contributed by atoms with E-state index in [1.807, 2.05) is 0 Å². The van der Waals surface area contributed by atoms with Crippen LogP contribution >= 0.6 is 0 Å². The zero-order chi connectivity index (χ0) is 17.7. The number of aromatic amines is 1. The number of H-pyrrole nitrogens is 1. The molecule has 0 aliphatic rings. The second-order valence-corrected chi connectivity index (χ2v) is 5.36. The summed E-state index contributed by atoms with van der Waals surface area (Å²) in [5.74, 6) is 0. The second kappa shape index (κ2) is 7.54. The highest BCUT2D eigenvalue weighted by atomic mass is 19.4. The number of alkyl halides is 3. The Balaban J connectivity index is 2.07. The highest BCUT2D eigenvalue weighted by Crippen LogP contribution is 2.21. The van der Waals surface area contributed by atoms with E-state index in [1.54, 1.807) is 30.5 Å². The van der Waals surface area contributed by atoms with E-state index in [-0.39, 0.29) is 0 Å². The zero-order valence-electron chi connectivity index (χ0n) is 12.7. The molecule has 0 radical (unpaired) electrons. The summed E-state index contributed by atoms with van der Waals surface area (Å²) in [4.78, 5) is 16.0. The van der Waals surface area contributed by atoms with Crippen molar-refractivity contribution in [3.8, 4) is 0 Å². The minimum absolute atomic E-state index is 0.398. The molecular weight excluding hydrogens is 327 g/mol. The van der Waals surface area contributed by atoms with Gasteiger partial charge in [0.2, 0.25) is 0 Å². The van der Waals surface area contributed by atoms with Gasteiger partial charge in [0.15, 0.2) is 0 Å². The van der Waals surface area contributed by atoms with Crippen LogP contribution < -0.4 is 5.32 Å². The smallest absolute Gasteiger partial charge is 0.390 e. The topological polar surface area (TPSA) is 88.6 Å². The van der Waals surface area contributed by atoms with Gasteiger partial charge >= 0.3 is 12.2 Å². The first-order chi connectivity index (χ1) is 11.3. The van der Waals surface area contributed by atoms with Crippen LogP contribution in [0.3, 0.4) is 0 Å². The number of benzene rings is 1. The fourth-order valence-corrected chi connectivity index (χ4v) is 2.18. The number of carbonyl (C=O) groups is 1. The summed E-state index contributed by atoms with van der Waals surface area (Å²) >= 11 is 0. The van der Waals surface area contributed by atoms with Crippen molar-refractivity contribution in [1.29, 1.82) is 0 Å². The van der Waals surface area contributed by atoms with Crippen molar-refractivity contribution in [1.82, 2.24) is 9.88 Å². The average Bonchev–Trinajstić information content (AvgIpc) is 2.97. The first kappa shape index (κ1) is 18.1. The molecule has 1 atom stereocenters. The van der Waals surface area contributed by atoms with Gasteiger partial charge in [-0.05, 0) is 24.3 Å². The fraction of sp³-hybridized carbons (Fsp3) is 0.400. The predicted molar refractivity (Wildman–Crippen MR) is 82.7 cm³/mol. The van der Waals surface area contributed by atoms with Gasteiger partial charge in [-0.15, -0.1) is 0 Å². The Kier molecular flexibility index (Phi) is 5.68. The summed E-state index contributed by atoms with van der Waals surface area (Å²) in [5, 5.41) is 21.6. The number of urea groups is 1. The lowest BCUT2D eigenvalue weighted by molar-refractivity contribution is -0.137. The second-order valence-electron chi connectivity index (χ2n) is 5.36. The Hall–Kier alpha value is -2.26. The molecule has 4 N–H and O–H groups in total. The lowest BCUT2D eigenvalue weighted by Crippen LogP contribution is -2.42. The van der Waals surface area contributed by atoms with Gasteiger partial charge in [0, 0.05) is 29.3 Å². The molecule has 1 aromatic heterocycles. The molecule has 2 aromatic rings. The number of carbonyl (C=O) groups excluding carboxylic acids is 1. The van der Waals surface area contributed by atoms with E-state index < -0.39 is 44.4 Å². The number of nitrogens with one attached hydrogen (secondary N) is 2. The van der Waals surface area contributed by atoms with Crippen LogP contribution in [-0.4, -0.2) is 58.1 Å². The van der Waals surface area contributed by atoms with Gasteiger partial charge in [-0.3, -0.25) is 0 Å². The Bertz CT molecular complexity index is 687. The van der Waals surface area contributed by atoms with Crippen LogP contribution in [0.15, 0.2) is 30.5 Å². The first-order valence-electron chi connectivity index (χ1n) is 7.27. The van der Waals surface area contributed by atoms with Crippen LogP contribution in [0.4, 0.5) is 23.7 Å². The molecular formula is C15H18F3N3O3. The van der Waals surface area contributed by atoms with Crippen LogP contribution in [0.25, 0.3) is 10.9 Å². The standard InChI is InChI=1S/C15H18F3N3O3/c16-15(17,18)4-6-21(8-12(23)9-22)14(24)20-11-1-2-13-10(7-11)3-5-19-13/h1-3,5,7,12,19,22-23H,4,6,8-9H2,(H,20,24)/t12-/m0/s1. The molecule has 1 aromatic carbocycles. The minimum atomic E-state index is -4.42. The van der Waals surface area contributed by atoms with Crippen LogP contribution in [0.5, 0.6) is 0 Å². The molecule has 2 rings (SSSR count). The molecule has 0 unspecified atom stereocenters. The van der Waals surface area contributed by atoms with Gasteiger partial charge in [-0.2, -0.15) is 13.2 Å². The minimum Gasteiger partial charge on any atom is -0.394 e. The van der Waals surface area contributed by atoms with E-state index >= 15 is 0 Å². The molecule has 6 nitrogen and oxygen atoms in total. The van der Waals surface area contributed by atoms with Gasteiger partial charge in [0.05, 0.1) is 25.7 Å². The number of rotatable bonds is 6.